The maximum absolute atomic E-state index is 10.2. The number of aromatic nitrogens is 6. The Morgan fingerprint density at radius 1 is 1.21 bits per heavy atom. The van der Waals surface area contributed by atoms with Gasteiger partial charge in [0.1, 0.15) is 17.6 Å². The van der Waals surface area contributed by atoms with Gasteiger partial charge in [-0.15, -0.1) is 10.2 Å². The predicted molar refractivity (Wildman–Crippen MR) is 126 cm³/mol. The number of nitrogens with zero attached hydrogens (tertiary/aromatic N) is 6. The molecule has 4 aromatic rings. The summed E-state index contributed by atoms with van der Waals surface area (Å²) in [7, 11) is 1.90. The van der Waals surface area contributed by atoms with Gasteiger partial charge in [-0.2, -0.15) is 0 Å². The number of hydrogen-bond acceptors (Lipinski definition) is 9. The molecule has 0 saturated heterocycles. The van der Waals surface area contributed by atoms with Gasteiger partial charge in [0.05, 0.1) is 17.9 Å². The van der Waals surface area contributed by atoms with Crippen molar-refractivity contribution in [1.82, 2.24) is 29.7 Å². The molecule has 3 aromatic heterocycles. The number of benzene rings is 1. The summed E-state index contributed by atoms with van der Waals surface area (Å²) < 4.78 is 7.72. The van der Waals surface area contributed by atoms with E-state index >= 15 is 0 Å². The second-order valence-corrected chi connectivity index (χ2v) is 8.36. The fourth-order valence-corrected chi connectivity index (χ4v) is 3.63. The van der Waals surface area contributed by atoms with Gasteiger partial charge >= 0.3 is 0 Å². The lowest BCUT2D eigenvalue weighted by Crippen LogP contribution is -2.21. The Morgan fingerprint density at radius 2 is 2.06 bits per heavy atom. The van der Waals surface area contributed by atoms with Crippen LogP contribution in [0.15, 0.2) is 36.8 Å². The molecule has 1 saturated carbocycles. The van der Waals surface area contributed by atoms with E-state index in [1.54, 1.807) is 12.5 Å². The lowest BCUT2D eigenvalue weighted by Gasteiger charge is -2.15. The van der Waals surface area contributed by atoms with Crippen LogP contribution in [0.3, 0.4) is 0 Å². The van der Waals surface area contributed by atoms with Gasteiger partial charge in [-0.1, -0.05) is 0 Å². The van der Waals surface area contributed by atoms with E-state index in [1.165, 1.54) is 0 Å². The van der Waals surface area contributed by atoms with Crippen molar-refractivity contribution < 1.29 is 9.84 Å². The van der Waals surface area contributed by atoms with E-state index in [1.807, 2.05) is 49.7 Å². The third kappa shape index (κ3) is 4.42. The summed E-state index contributed by atoms with van der Waals surface area (Å²) in [6.07, 6.45) is 5.03. The van der Waals surface area contributed by atoms with Gasteiger partial charge in [-0.3, -0.25) is 0 Å². The molecule has 10 nitrogen and oxygen atoms in total. The minimum Gasteiger partial charge on any atom is -0.492 e. The van der Waals surface area contributed by atoms with Crippen LogP contribution in [0.4, 0.5) is 17.5 Å². The molecule has 1 fully saturated rings. The Morgan fingerprint density at radius 3 is 2.79 bits per heavy atom. The molecule has 5 rings (SSSR count). The first-order valence-electron chi connectivity index (χ1n) is 10.9. The fraction of sp³-hybridized carbons (Fsp3) is 0.348. The van der Waals surface area contributed by atoms with Gasteiger partial charge in [0.25, 0.3) is 0 Å². The van der Waals surface area contributed by atoms with Crippen molar-refractivity contribution in [2.45, 2.75) is 32.3 Å². The zero-order valence-electron chi connectivity index (χ0n) is 18.8. The second kappa shape index (κ2) is 8.28. The zero-order valence-corrected chi connectivity index (χ0v) is 18.8. The summed E-state index contributed by atoms with van der Waals surface area (Å²) in [6, 6.07) is 7.73. The van der Waals surface area contributed by atoms with Crippen LogP contribution < -0.4 is 15.4 Å². The first kappa shape index (κ1) is 21.1. The topological polar surface area (TPSA) is 123 Å². The number of nitrogens with one attached hydrogen (secondary N) is 2. The number of aryl methyl sites for hydroxylation is 2. The average Bonchev–Trinajstić information content (AvgIpc) is 3.38. The van der Waals surface area contributed by atoms with E-state index in [4.69, 9.17) is 9.72 Å². The van der Waals surface area contributed by atoms with Crippen LogP contribution in [-0.4, -0.2) is 53.6 Å². The predicted octanol–water partition coefficient (Wildman–Crippen LogP) is 3.21. The Bertz CT molecular complexity index is 1320. The van der Waals surface area contributed by atoms with Crippen LogP contribution in [0.5, 0.6) is 5.75 Å². The van der Waals surface area contributed by atoms with E-state index in [0.29, 0.717) is 36.2 Å². The number of pyridine rings is 1. The summed E-state index contributed by atoms with van der Waals surface area (Å²) in [5, 5.41) is 25.7. The summed E-state index contributed by atoms with van der Waals surface area (Å²) in [6.45, 7) is 4.82. The molecular formula is C23H26N8O2. The highest BCUT2D eigenvalue weighted by molar-refractivity contribution is 5.89. The monoisotopic (exact) mass is 446 g/mol. The number of hydrogen-bond donors (Lipinski definition) is 3. The lowest BCUT2D eigenvalue weighted by atomic mass is 10.1. The van der Waals surface area contributed by atoms with Crippen molar-refractivity contribution in [3.05, 3.63) is 42.5 Å². The Balaban J connectivity index is 1.46. The summed E-state index contributed by atoms with van der Waals surface area (Å²) in [5.74, 6) is 2.48. The highest BCUT2D eigenvalue weighted by atomic mass is 16.5. The maximum Gasteiger partial charge on any atom is 0.227 e. The molecule has 1 aliphatic carbocycles. The molecule has 0 spiro atoms. The number of rotatable bonds is 8. The molecular weight excluding hydrogens is 420 g/mol. The SMILES string of the molecule is CCOc1cc(-c2nncn2C)ccc1Nc1ncc2cc(C)nc(NCC3(O)CC3)c2n1. The average molecular weight is 447 g/mol. The van der Waals surface area contributed by atoms with Crippen LogP contribution >= 0.6 is 0 Å². The molecule has 3 heterocycles. The van der Waals surface area contributed by atoms with Crippen molar-refractivity contribution in [2.75, 3.05) is 23.8 Å². The van der Waals surface area contributed by atoms with E-state index in [-0.39, 0.29) is 0 Å². The van der Waals surface area contributed by atoms with Crippen LogP contribution in [0.25, 0.3) is 22.3 Å². The van der Waals surface area contributed by atoms with E-state index in [9.17, 15) is 5.11 Å². The molecule has 0 bridgehead atoms. The largest absolute Gasteiger partial charge is 0.492 e. The Hall–Kier alpha value is -3.79. The molecule has 170 valence electrons. The second-order valence-electron chi connectivity index (χ2n) is 8.36. The van der Waals surface area contributed by atoms with Crippen molar-refractivity contribution in [3.63, 3.8) is 0 Å². The van der Waals surface area contributed by atoms with Gasteiger partial charge in [0, 0.05) is 36.4 Å². The van der Waals surface area contributed by atoms with Gasteiger partial charge in [0.15, 0.2) is 11.6 Å². The van der Waals surface area contributed by atoms with E-state index in [2.05, 4.69) is 30.8 Å². The minimum atomic E-state index is -0.636. The number of fused-ring (bicyclic) bond motifs is 1. The summed E-state index contributed by atoms with van der Waals surface area (Å²) in [4.78, 5) is 13.8. The normalized spacial score (nSPS) is 14.3. The molecule has 33 heavy (non-hydrogen) atoms. The van der Waals surface area contributed by atoms with Crippen molar-refractivity contribution >= 4 is 28.4 Å². The third-order valence-electron chi connectivity index (χ3n) is 5.60. The van der Waals surface area contributed by atoms with Gasteiger partial charge in [0.2, 0.25) is 5.95 Å². The maximum atomic E-state index is 10.2. The number of aliphatic hydroxyl groups is 1. The molecule has 3 N–H and O–H groups in total. The molecule has 0 amide bonds. The van der Waals surface area contributed by atoms with Gasteiger partial charge in [-0.25, -0.2) is 15.0 Å². The van der Waals surface area contributed by atoms with E-state index < -0.39 is 5.60 Å². The van der Waals surface area contributed by atoms with Crippen LogP contribution in [-0.2, 0) is 7.05 Å². The van der Waals surface area contributed by atoms with Gasteiger partial charge < -0.3 is 25.0 Å². The summed E-state index contributed by atoms with van der Waals surface area (Å²) >= 11 is 0. The van der Waals surface area contributed by atoms with Crippen LogP contribution in [0.2, 0.25) is 0 Å². The molecule has 1 aromatic carbocycles. The highest BCUT2D eigenvalue weighted by Crippen LogP contribution is 2.36. The molecule has 0 unspecified atom stereocenters. The number of anilines is 3. The molecule has 1 aliphatic rings. The molecule has 0 atom stereocenters. The van der Waals surface area contributed by atoms with Crippen molar-refractivity contribution in [2.24, 2.45) is 7.05 Å². The smallest absolute Gasteiger partial charge is 0.227 e. The zero-order chi connectivity index (χ0) is 23.0. The molecule has 0 radical (unpaired) electrons. The quantitative estimate of drug-likeness (QED) is 0.374. The molecule has 0 aliphatic heterocycles. The number of ether oxygens (including phenoxy) is 1. The van der Waals surface area contributed by atoms with Crippen molar-refractivity contribution in [3.8, 4) is 17.1 Å². The minimum absolute atomic E-state index is 0.425. The highest BCUT2D eigenvalue weighted by Gasteiger charge is 2.40. The standard InChI is InChI=1S/C23H26N8O2/c1-4-33-18-10-15(21-30-26-13-31(21)3)5-6-17(18)28-22-24-11-16-9-14(2)27-20(19(16)29-22)25-12-23(32)7-8-23/h5-6,9-11,13,32H,4,7-8,12H2,1-3H3,(H,25,27)(H,24,28,29). The van der Waals surface area contributed by atoms with Gasteiger partial charge in [-0.05, 0) is 51.0 Å². The Labute approximate surface area is 191 Å². The summed E-state index contributed by atoms with van der Waals surface area (Å²) in [5.41, 5.74) is 2.55. The molecule has 10 heteroatoms. The van der Waals surface area contributed by atoms with E-state index in [0.717, 1.165) is 41.0 Å². The first-order valence-corrected chi connectivity index (χ1v) is 10.9. The Kier molecular flexibility index (Phi) is 5.29. The van der Waals surface area contributed by atoms with Crippen molar-refractivity contribution in [1.29, 1.82) is 0 Å². The lowest BCUT2D eigenvalue weighted by molar-refractivity contribution is 0.164. The van der Waals surface area contributed by atoms with Crippen LogP contribution in [0.1, 0.15) is 25.5 Å². The van der Waals surface area contributed by atoms with Crippen LogP contribution in [0, 0.1) is 6.92 Å². The first-order chi connectivity index (χ1) is 15.9. The third-order valence-corrected chi connectivity index (χ3v) is 5.60. The fourth-order valence-electron chi connectivity index (χ4n) is 3.63.